The second-order valence-corrected chi connectivity index (χ2v) is 2.46. The molecule has 5 N–H and O–H groups in total. The summed E-state index contributed by atoms with van der Waals surface area (Å²) in [5.74, 6) is 0.0194. The number of nitrogens with zero attached hydrogens (tertiary/aromatic N) is 1. The predicted molar refractivity (Wildman–Crippen MR) is 43.9 cm³/mol. The molecule has 0 spiro atoms. The summed E-state index contributed by atoms with van der Waals surface area (Å²) in [6.45, 7) is -0.602. The summed E-state index contributed by atoms with van der Waals surface area (Å²) in [6.07, 6.45) is -2.75. The Morgan fingerprint density at radius 3 is 2.54 bits per heavy atom. The molecule has 13 heavy (non-hydrogen) atoms. The number of pyridine rings is 1. The minimum Gasteiger partial charge on any atom is -0.398 e. The SMILES string of the molecule is Nc1cc(N)c(C(F)F)c(CO)n1. The van der Waals surface area contributed by atoms with Crippen molar-refractivity contribution >= 4 is 11.5 Å². The van der Waals surface area contributed by atoms with Gasteiger partial charge in [0.05, 0.1) is 17.9 Å². The molecule has 0 unspecified atom stereocenters. The number of anilines is 2. The van der Waals surface area contributed by atoms with Gasteiger partial charge in [-0.15, -0.1) is 0 Å². The molecule has 1 aromatic rings. The van der Waals surface area contributed by atoms with E-state index in [1.807, 2.05) is 0 Å². The van der Waals surface area contributed by atoms with Gasteiger partial charge in [-0.05, 0) is 0 Å². The standard InChI is InChI=1S/C7H9F2N3O/c8-7(9)6-3(10)1-5(11)12-4(6)2-13/h1,7,13H,2H2,(H4,10,11,12). The molecule has 4 nitrogen and oxygen atoms in total. The number of nitrogens with two attached hydrogens (primary N) is 2. The van der Waals surface area contributed by atoms with Gasteiger partial charge in [0, 0.05) is 11.8 Å². The van der Waals surface area contributed by atoms with Crippen LogP contribution in [-0.2, 0) is 6.61 Å². The molecule has 0 fully saturated rings. The second-order valence-electron chi connectivity index (χ2n) is 2.46. The number of aliphatic hydroxyl groups is 1. The topological polar surface area (TPSA) is 85.2 Å². The molecule has 0 aromatic carbocycles. The zero-order chi connectivity index (χ0) is 10.0. The average Bonchev–Trinajstić information content (AvgIpc) is 2.01. The smallest absolute Gasteiger partial charge is 0.267 e. The fraction of sp³-hybridized carbons (Fsp3) is 0.286. The van der Waals surface area contributed by atoms with Crippen molar-refractivity contribution < 1.29 is 13.9 Å². The summed E-state index contributed by atoms with van der Waals surface area (Å²) in [5, 5.41) is 8.71. The molecule has 6 heteroatoms. The minimum absolute atomic E-state index is 0.0194. The molecule has 0 saturated carbocycles. The number of hydrogen-bond donors (Lipinski definition) is 3. The van der Waals surface area contributed by atoms with Crippen LogP contribution >= 0.6 is 0 Å². The minimum atomic E-state index is -2.75. The van der Waals surface area contributed by atoms with Gasteiger partial charge in [0.2, 0.25) is 0 Å². The van der Waals surface area contributed by atoms with Crippen molar-refractivity contribution in [1.82, 2.24) is 4.98 Å². The van der Waals surface area contributed by atoms with Crippen LogP contribution in [0.1, 0.15) is 17.7 Å². The van der Waals surface area contributed by atoms with Crippen LogP contribution in [0.5, 0.6) is 0 Å². The summed E-state index contributed by atoms with van der Waals surface area (Å²) in [4.78, 5) is 3.54. The van der Waals surface area contributed by atoms with Crippen LogP contribution < -0.4 is 11.5 Å². The van der Waals surface area contributed by atoms with Crippen LogP contribution in [0.4, 0.5) is 20.3 Å². The molecule has 1 rings (SSSR count). The lowest BCUT2D eigenvalue weighted by Crippen LogP contribution is -2.06. The van der Waals surface area contributed by atoms with Crippen molar-refractivity contribution in [3.63, 3.8) is 0 Å². The van der Waals surface area contributed by atoms with Crippen molar-refractivity contribution in [2.45, 2.75) is 13.0 Å². The lowest BCUT2D eigenvalue weighted by Gasteiger charge is -2.09. The van der Waals surface area contributed by atoms with E-state index in [1.165, 1.54) is 0 Å². The van der Waals surface area contributed by atoms with Crippen LogP contribution in [0.15, 0.2) is 6.07 Å². The number of nitrogen functional groups attached to an aromatic ring is 2. The molecule has 0 saturated heterocycles. The molecule has 72 valence electrons. The van der Waals surface area contributed by atoms with Gasteiger partial charge in [-0.25, -0.2) is 13.8 Å². The predicted octanol–water partition coefficient (Wildman–Crippen LogP) is 0.676. The highest BCUT2D eigenvalue weighted by Gasteiger charge is 2.17. The van der Waals surface area contributed by atoms with E-state index in [4.69, 9.17) is 16.6 Å². The second kappa shape index (κ2) is 3.53. The molecule has 0 atom stereocenters. The van der Waals surface area contributed by atoms with Gasteiger partial charge in [-0.2, -0.15) is 0 Å². The van der Waals surface area contributed by atoms with E-state index in [1.54, 1.807) is 0 Å². The van der Waals surface area contributed by atoms with E-state index in [-0.39, 0.29) is 17.2 Å². The summed E-state index contributed by atoms with van der Waals surface area (Å²) >= 11 is 0. The first-order chi connectivity index (χ1) is 6.06. The number of aromatic nitrogens is 1. The molecule has 1 aromatic heterocycles. The first-order valence-corrected chi connectivity index (χ1v) is 3.50. The van der Waals surface area contributed by atoms with Crippen molar-refractivity contribution in [2.24, 2.45) is 0 Å². The van der Waals surface area contributed by atoms with E-state index >= 15 is 0 Å². The Morgan fingerprint density at radius 1 is 1.46 bits per heavy atom. The highest BCUT2D eigenvalue weighted by atomic mass is 19.3. The Bertz CT molecular complexity index is 317. The maximum absolute atomic E-state index is 12.3. The van der Waals surface area contributed by atoms with Gasteiger partial charge in [-0.3, -0.25) is 0 Å². The van der Waals surface area contributed by atoms with Gasteiger partial charge in [0.25, 0.3) is 6.43 Å². The summed E-state index contributed by atoms with van der Waals surface area (Å²) in [5.41, 5.74) is 9.78. The number of halogens is 2. The van der Waals surface area contributed by atoms with Gasteiger partial charge < -0.3 is 16.6 Å². The highest BCUT2D eigenvalue weighted by Crippen LogP contribution is 2.28. The monoisotopic (exact) mass is 189 g/mol. The Hall–Kier alpha value is -1.43. The third-order valence-electron chi connectivity index (χ3n) is 1.56. The fourth-order valence-electron chi connectivity index (χ4n) is 1.02. The summed E-state index contributed by atoms with van der Waals surface area (Å²) in [6, 6.07) is 1.14. The van der Waals surface area contributed by atoms with Crippen LogP contribution in [0.2, 0.25) is 0 Å². The van der Waals surface area contributed by atoms with E-state index < -0.39 is 18.6 Å². The zero-order valence-corrected chi connectivity index (χ0v) is 6.67. The van der Waals surface area contributed by atoms with Gasteiger partial charge in [0.1, 0.15) is 5.82 Å². The molecular weight excluding hydrogens is 180 g/mol. The van der Waals surface area contributed by atoms with Crippen LogP contribution in [-0.4, -0.2) is 10.1 Å². The van der Waals surface area contributed by atoms with Crippen molar-refractivity contribution in [2.75, 3.05) is 11.5 Å². The quantitative estimate of drug-likeness (QED) is 0.638. The fourth-order valence-corrected chi connectivity index (χ4v) is 1.02. The van der Waals surface area contributed by atoms with E-state index in [2.05, 4.69) is 4.98 Å². The highest BCUT2D eigenvalue weighted by molar-refractivity contribution is 5.55. The van der Waals surface area contributed by atoms with Gasteiger partial charge in [-0.1, -0.05) is 0 Å². The number of aliphatic hydroxyl groups excluding tert-OH is 1. The van der Waals surface area contributed by atoms with Crippen molar-refractivity contribution in [3.8, 4) is 0 Å². The molecule has 1 heterocycles. The lowest BCUT2D eigenvalue weighted by molar-refractivity contribution is 0.147. The Labute approximate surface area is 73.2 Å². The third-order valence-corrected chi connectivity index (χ3v) is 1.56. The number of hydrogen-bond acceptors (Lipinski definition) is 4. The van der Waals surface area contributed by atoms with E-state index in [0.29, 0.717) is 0 Å². The molecule has 0 bridgehead atoms. The van der Waals surface area contributed by atoms with Gasteiger partial charge in [0.15, 0.2) is 0 Å². The molecule has 0 aliphatic rings. The summed E-state index contributed by atoms with van der Waals surface area (Å²) < 4.78 is 24.7. The Morgan fingerprint density at radius 2 is 2.08 bits per heavy atom. The van der Waals surface area contributed by atoms with Gasteiger partial charge >= 0.3 is 0 Å². The van der Waals surface area contributed by atoms with Crippen molar-refractivity contribution in [3.05, 3.63) is 17.3 Å². The number of rotatable bonds is 2. The third kappa shape index (κ3) is 1.83. The first-order valence-electron chi connectivity index (χ1n) is 3.50. The molecule has 0 radical (unpaired) electrons. The maximum Gasteiger partial charge on any atom is 0.267 e. The Kier molecular flexibility index (Phi) is 2.62. The number of alkyl halides is 2. The zero-order valence-electron chi connectivity index (χ0n) is 6.67. The molecular formula is C7H9F2N3O. The van der Waals surface area contributed by atoms with Crippen LogP contribution in [0.25, 0.3) is 0 Å². The molecule has 0 aliphatic carbocycles. The average molecular weight is 189 g/mol. The molecule has 0 amide bonds. The van der Waals surface area contributed by atoms with Crippen molar-refractivity contribution in [1.29, 1.82) is 0 Å². The van der Waals surface area contributed by atoms with E-state index in [9.17, 15) is 8.78 Å². The summed E-state index contributed by atoms with van der Waals surface area (Å²) in [7, 11) is 0. The normalized spacial score (nSPS) is 10.8. The lowest BCUT2D eigenvalue weighted by atomic mass is 10.1. The Balaban J connectivity index is 3.30. The van der Waals surface area contributed by atoms with Crippen LogP contribution in [0, 0.1) is 0 Å². The van der Waals surface area contributed by atoms with Crippen LogP contribution in [0.3, 0.4) is 0 Å². The largest absolute Gasteiger partial charge is 0.398 e. The maximum atomic E-state index is 12.3. The first kappa shape index (κ1) is 9.66. The molecule has 0 aliphatic heterocycles. The van der Waals surface area contributed by atoms with E-state index in [0.717, 1.165) is 6.07 Å².